The van der Waals surface area contributed by atoms with Gasteiger partial charge < -0.3 is 58.4 Å². The second kappa shape index (κ2) is 36.7. The monoisotopic (exact) mass is 742 g/mol. The predicted octanol–water partition coefficient (Wildman–Crippen LogP) is 2.78. The van der Waals surface area contributed by atoms with Crippen molar-refractivity contribution >= 4 is 28.1 Å². The smallest absolute Gasteiger partial charge is 0.407 e. The summed E-state index contributed by atoms with van der Waals surface area (Å²) in [4.78, 5) is 22.6. The van der Waals surface area contributed by atoms with E-state index in [1.165, 1.54) is 0 Å². The Labute approximate surface area is 290 Å². The molecule has 0 aromatic heterocycles. The number of carbonyl (C=O) groups is 2. The molecular formula is C32H59BrN2O12. The molecule has 0 aromatic carbocycles. The summed E-state index contributed by atoms with van der Waals surface area (Å²) in [5, 5.41) is 13.7. The Morgan fingerprint density at radius 1 is 0.574 bits per heavy atom. The largest absolute Gasteiger partial charge is 0.444 e. The minimum Gasteiger partial charge on any atom is -0.444 e. The van der Waals surface area contributed by atoms with E-state index in [-0.39, 0.29) is 6.61 Å². The van der Waals surface area contributed by atoms with Crippen molar-refractivity contribution in [1.29, 1.82) is 0 Å². The molecule has 0 saturated carbocycles. The van der Waals surface area contributed by atoms with Gasteiger partial charge in [-0.2, -0.15) is 0 Å². The molecule has 47 heavy (non-hydrogen) atoms. The summed E-state index contributed by atoms with van der Waals surface area (Å²) in [6.45, 7) is 18.5. The second-order valence-electron chi connectivity index (χ2n) is 10.8. The summed E-state index contributed by atoms with van der Waals surface area (Å²) in [7, 11) is 0. The van der Waals surface area contributed by atoms with Crippen LogP contribution in [0, 0.1) is 24.7 Å². The van der Waals surface area contributed by atoms with Crippen molar-refractivity contribution in [2.24, 2.45) is 0 Å². The van der Waals surface area contributed by atoms with E-state index in [0.717, 1.165) is 5.33 Å². The number of ether oxygens (including phenoxy) is 9. The minimum atomic E-state index is -0.492. The highest BCUT2D eigenvalue weighted by Gasteiger charge is 2.16. The van der Waals surface area contributed by atoms with Crippen molar-refractivity contribution in [1.82, 2.24) is 10.6 Å². The molecular weight excluding hydrogens is 684 g/mol. The summed E-state index contributed by atoms with van der Waals surface area (Å²) in [5.41, 5.74) is -0.968. The Bertz CT molecular complexity index is 793. The minimum absolute atomic E-state index is 0.153. The van der Waals surface area contributed by atoms with Crippen LogP contribution in [0.25, 0.3) is 0 Å². The number of carbonyl (C=O) groups excluding carboxylic acids is 2. The predicted molar refractivity (Wildman–Crippen MR) is 183 cm³/mol. The number of aliphatic hydroxyl groups excluding tert-OH is 1. The molecule has 0 fully saturated rings. The van der Waals surface area contributed by atoms with Crippen LogP contribution in [-0.4, -0.2) is 146 Å². The zero-order chi connectivity index (χ0) is 36.1. The van der Waals surface area contributed by atoms with Crippen LogP contribution in [0.15, 0.2) is 0 Å². The summed E-state index contributed by atoms with van der Waals surface area (Å²) < 4.78 is 46.9. The normalized spacial score (nSPS) is 10.7. The number of aliphatic hydroxyl groups is 1. The van der Waals surface area contributed by atoms with Gasteiger partial charge in [0.2, 0.25) is 0 Å². The number of halogens is 1. The highest BCUT2D eigenvalue weighted by molar-refractivity contribution is 9.09. The molecule has 0 heterocycles. The molecule has 0 unspecified atom stereocenters. The van der Waals surface area contributed by atoms with E-state index in [0.29, 0.717) is 106 Å². The summed E-state index contributed by atoms with van der Waals surface area (Å²) in [6.07, 6.45) is 8.69. The zero-order valence-corrected chi connectivity index (χ0v) is 30.8. The first kappa shape index (κ1) is 49.2. The third-order valence-electron chi connectivity index (χ3n) is 4.19. The number of alkyl halides is 1. The first-order valence-corrected chi connectivity index (χ1v) is 16.5. The van der Waals surface area contributed by atoms with Gasteiger partial charge in [0.1, 0.15) is 24.4 Å². The summed E-state index contributed by atoms with van der Waals surface area (Å²) >= 11 is 3.27. The molecule has 0 aliphatic heterocycles. The van der Waals surface area contributed by atoms with Gasteiger partial charge in [-0.3, -0.25) is 0 Å². The first-order chi connectivity index (χ1) is 22.3. The molecule has 0 bridgehead atoms. The average Bonchev–Trinajstić information content (AvgIpc) is 2.98. The van der Waals surface area contributed by atoms with Crippen LogP contribution < -0.4 is 10.6 Å². The molecule has 14 nitrogen and oxygen atoms in total. The maximum Gasteiger partial charge on any atom is 0.407 e. The number of terminal acetylenes is 2. The molecule has 3 N–H and O–H groups in total. The number of rotatable bonds is 24. The molecule has 0 spiro atoms. The highest BCUT2D eigenvalue weighted by Crippen LogP contribution is 2.06. The fourth-order valence-electron chi connectivity index (χ4n) is 2.47. The van der Waals surface area contributed by atoms with Gasteiger partial charge in [-0.05, 0) is 41.5 Å². The average molecular weight is 744 g/mol. The van der Waals surface area contributed by atoms with Crippen molar-refractivity contribution in [2.75, 3.05) is 118 Å². The number of hydrogen-bond acceptors (Lipinski definition) is 12. The SMILES string of the molecule is C#CCO.C#CCOCCOCCOCCOCCNC(=O)OC(C)(C)C.CC(C)(C)OC(=O)NCCOCCOCCOCCBr. The van der Waals surface area contributed by atoms with Gasteiger partial charge >= 0.3 is 12.2 Å². The van der Waals surface area contributed by atoms with E-state index in [1.807, 2.05) is 47.5 Å². The van der Waals surface area contributed by atoms with Gasteiger partial charge in [0.05, 0.1) is 85.9 Å². The van der Waals surface area contributed by atoms with Gasteiger partial charge in [0, 0.05) is 18.4 Å². The number of nitrogens with one attached hydrogen (secondary N) is 2. The second-order valence-corrected chi connectivity index (χ2v) is 11.6. The van der Waals surface area contributed by atoms with Gasteiger partial charge in [0.15, 0.2) is 0 Å². The Hall–Kier alpha value is -2.18. The van der Waals surface area contributed by atoms with Crippen LogP contribution in [0.1, 0.15) is 41.5 Å². The van der Waals surface area contributed by atoms with Crippen LogP contribution in [-0.2, 0) is 42.6 Å². The van der Waals surface area contributed by atoms with E-state index < -0.39 is 23.4 Å². The summed E-state index contributed by atoms with van der Waals surface area (Å²) in [5.74, 6) is 4.36. The van der Waals surface area contributed by atoms with Crippen molar-refractivity contribution in [3.63, 3.8) is 0 Å². The van der Waals surface area contributed by atoms with Crippen LogP contribution in [0.4, 0.5) is 9.59 Å². The number of alkyl carbamates (subject to hydrolysis) is 2. The van der Waals surface area contributed by atoms with Gasteiger partial charge in [-0.15, -0.1) is 12.8 Å². The van der Waals surface area contributed by atoms with E-state index in [9.17, 15) is 9.59 Å². The molecule has 0 radical (unpaired) electrons. The lowest BCUT2D eigenvalue weighted by Gasteiger charge is -2.19. The third kappa shape index (κ3) is 53.6. The fourth-order valence-corrected chi connectivity index (χ4v) is 2.70. The molecule has 276 valence electrons. The molecule has 0 rings (SSSR count). The molecule has 2 amide bonds. The lowest BCUT2D eigenvalue weighted by molar-refractivity contribution is 0.00125. The standard InChI is InChI=1S/C16H29NO6.C13H26BrNO5.C3H4O/c1-5-7-19-9-11-21-13-14-22-12-10-20-8-6-17-15(18)23-16(2,3)4;1-13(2,3)20-12(16)15-5-7-18-9-11-19-10-8-17-6-4-14;1-2-3-4/h1H,6-14H2,2-4H3,(H,17,18);4-11H2,1-3H3,(H,15,16);1,4H,3H2. The van der Waals surface area contributed by atoms with Crippen LogP contribution in [0.5, 0.6) is 0 Å². The van der Waals surface area contributed by atoms with Crippen molar-refractivity contribution < 1.29 is 57.3 Å². The van der Waals surface area contributed by atoms with Crippen LogP contribution in [0.3, 0.4) is 0 Å². The summed E-state index contributed by atoms with van der Waals surface area (Å²) in [6, 6.07) is 0. The Kier molecular flexibility index (Phi) is 38.4. The van der Waals surface area contributed by atoms with Crippen LogP contribution in [0.2, 0.25) is 0 Å². The molecule has 0 aliphatic carbocycles. The van der Waals surface area contributed by atoms with Gasteiger partial charge in [0.25, 0.3) is 0 Å². The first-order valence-electron chi connectivity index (χ1n) is 15.3. The quantitative estimate of drug-likeness (QED) is 0.0755. The van der Waals surface area contributed by atoms with Crippen molar-refractivity contribution in [2.45, 2.75) is 52.7 Å². The third-order valence-corrected chi connectivity index (χ3v) is 4.51. The van der Waals surface area contributed by atoms with Gasteiger partial charge in [-0.1, -0.05) is 27.8 Å². The van der Waals surface area contributed by atoms with E-state index in [1.54, 1.807) is 0 Å². The van der Waals surface area contributed by atoms with Crippen molar-refractivity contribution in [3.8, 4) is 24.7 Å². The topological polar surface area (TPSA) is 161 Å². The van der Waals surface area contributed by atoms with Gasteiger partial charge in [-0.25, -0.2) is 9.59 Å². The fraction of sp³-hybridized carbons (Fsp3) is 0.812. The number of hydrogen-bond donors (Lipinski definition) is 3. The zero-order valence-electron chi connectivity index (χ0n) is 29.2. The number of amides is 2. The van der Waals surface area contributed by atoms with E-state index >= 15 is 0 Å². The highest BCUT2D eigenvalue weighted by atomic mass is 79.9. The molecule has 0 aliphatic rings. The Morgan fingerprint density at radius 3 is 1.15 bits per heavy atom. The van der Waals surface area contributed by atoms with E-state index in [2.05, 4.69) is 38.9 Å². The molecule has 0 saturated heterocycles. The Balaban J connectivity index is -0.000000744. The molecule has 0 aromatic rings. The maximum atomic E-state index is 11.3. The lowest BCUT2D eigenvalue weighted by atomic mass is 10.2. The maximum absolute atomic E-state index is 11.3. The molecule has 15 heteroatoms. The van der Waals surface area contributed by atoms with Crippen molar-refractivity contribution in [3.05, 3.63) is 0 Å². The lowest BCUT2D eigenvalue weighted by Crippen LogP contribution is -2.34. The Morgan fingerprint density at radius 2 is 0.872 bits per heavy atom. The van der Waals surface area contributed by atoms with E-state index in [4.69, 9.17) is 54.2 Å². The molecule has 0 atom stereocenters. The van der Waals surface area contributed by atoms with Crippen LogP contribution >= 0.6 is 15.9 Å².